The number of hydrogen-bond donors (Lipinski definition) is 0. The first-order valence-corrected chi connectivity index (χ1v) is 11.0. The molecular weight excluding hydrogens is 418 g/mol. The van der Waals surface area contributed by atoms with Crippen LogP contribution >= 0.6 is 23.7 Å². The number of para-hydroxylation sites is 1. The summed E-state index contributed by atoms with van der Waals surface area (Å²) in [4.78, 5) is 22.5. The van der Waals surface area contributed by atoms with Crippen molar-refractivity contribution in [3.8, 4) is 0 Å². The Balaban J connectivity index is 0.00000256. The molecular formula is C23H28ClN3O2S. The molecule has 0 radical (unpaired) electrons. The Morgan fingerprint density at radius 2 is 1.93 bits per heavy atom. The van der Waals surface area contributed by atoms with Crippen molar-refractivity contribution in [1.82, 2.24) is 9.88 Å². The second-order valence-electron chi connectivity index (χ2n) is 7.55. The molecule has 30 heavy (non-hydrogen) atoms. The Hall–Kier alpha value is -1.99. The van der Waals surface area contributed by atoms with Crippen molar-refractivity contribution in [3.05, 3.63) is 59.2 Å². The number of fused-ring (bicyclic) bond motifs is 1. The summed E-state index contributed by atoms with van der Waals surface area (Å²) in [5.74, 6) is 0.0310. The van der Waals surface area contributed by atoms with Gasteiger partial charge in [0, 0.05) is 31.7 Å². The number of amides is 1. The zero-order chi connectivity index (χ0) is 20.2. The normalized spacial score (nSPS) is 14.5. The molecule has 5 nitrogen and oxygen atoms in total. The minimum Gasteiger partial charge on any atom is -0.379 e. The molecule has 1 fully saturated rings. The molecule has 0 bridgehead atoms. The number of hydrogen-bond acceptors (Lipinski definition) is 5. The second-order valence-corrected chi connectivity index (χ2v) is 8.56. The van der Waals surface area contributed by atoms with Crippen LogP contribution in [0.15, 0.2) is 42.5 Å². The summed E-state index contributed by atoms with van der Waals surface area (Å²) < 4.78 is 6.54. The average molecular weight is 446 g/mol. The van der Waals surface area contributed by atoms with E-state index in [0.717, 1.165) is 71.3 Å². The molecule has 1 saturated heterocycles. The first-order chi connectivity index (χ1) is 14.1. The van der Waals surface area contributed by atoms with Crippen LogP contribution in [0, 0.1) is 13.8 Å². The van der Waals surface area contributed by atoms with Gasteiger partial charge in [0.25, 0.3) is 5.91 Å². The molecule has 1 aliphatic rings. The van der Waals surface area contributed by atoms with E-state index in [0.29, 0.717) is 6.54 Å². The van der Waals surface area contributed by atoms with Gasteiger partial charge in [-0.3, -0.25) is 14.6 Å². The van der Waals surface area contributed by atoms with Crippen LogP contribution in [0.1, 0.15) is 27.9 Å². The molecule has 0 atom stereocenters. The molecule has 0 unspecified atom stereocenters. The lowest BCUT2D eigenvalue weighted by molar-refractivity contribution is 0.0376. The average Bonchev–Trinajstić information content (AvgIpc) is 3.15. The topological polar surface area (TPSA) is 45.7 Å². The van der Waals surface area contributed by atoms with Crippen molar-refractivity contribution in [3.63, 3.8) is 0 Å². The number of carbonyl (C=O) groups excluding carboxylic acids is 1. The minimum atomic E-state index is 0. The van der Waals surface area contributed by atoms with Crippen molar-refractivity contribution >= 4 is 45.0 Å². The van der Waals surface area contributed by atoms with Crippen LogP contribution in [0.2, 0.25) is 0 Å². The third-order valence-corrected chi connectivity index (χ3v) is 6.39. The van der Waals surface area contributed by atoms with Gasteiger partial charge in [-0.1, -0.05) is 41.2 Å². The third-order valence-electron chi connectivity index (χ3n) is 5.33. The summed E-state index contributed by atoms with van der Waals surface area (Å²) in [6, 6.07) is 14.1. The minimum absolute atomic E-state index is 0. The van der Waals surface area contributed by atoms with E-state index in [1.54, 1.807) is 11.3 Å². The van der Waals surface area contributed by atoms with Gasteiger partial charge in [-0.25, -0.2) is 4.98 Å². The highest BCUT2D eigenvalue weighted by atomic mass is 35.5. The van der Waals surface area contributed by atoms with Gasteiger partial charge in [-0.15, -0.1) is 12.4 Å². The predicted octanol–water partition coefficient (Wildman–Crippen LogP) is 4.70. The van der Waals surface area contributed by atoms with Gasteiger partial charge in [0.05, 0.1) is 23.4 Å². The van der Waals surface area contributed by atoms with E-state index in [1.165, 1.54) is 0 Å². The van der Waals surface area contributed by atoms with E-state index >= 15 is 0 Å². The molecule has 2 heterocycles. The van der Waals surface area contributed by atoms with Crippen molar-refractivity contribution in [2.45, 2.75) is 20.3 Å². The molecule has 2 aromatic carbocycles. The van der Waals surface area contributed by atoms with Gasteiger partial charge in [0.15, 0.2) is 5.13 Å². The summed E-state index contributed by atoms with van der Waals surface area (Å²) in [5, 5.41) is 0.776. The SMILES string of the molecule is Cc1ccc(C(=O)N(CCCN2CCOCC2)c2nc3ccccc3s2)c(C)c1.Cl. The molecule has 1 aliphatic heterocycles. The Morgan fingerprint density at radius 1 is 1.17 bits per heavy atom. The number of carbonyl (C=O) groups is 1. The summed E-state index contributed by atoms with van der Waals surface area (Å²) >= 11 is 1.58. The monoisotopic (exact) mass is 445 g/mol. The lowest BCUT2D eigenvalue weighted by atomic mass is 10.0. The Bertz CT molecular complexity index is 968. The third kappa shape index (κ3) is 5.19. The fourth-order valence-electron chi connectivity index (χ4n) is 3.74. The molecule has 4 rings (SSSR count). The summed E-state index contributed by atoms with van der Waals surface area (Å²) in [6.45, 7) is 9.19. The van der Waals surface area contributed by atoms with E-state index < -0.39 is 0 Å². The van der Waals surface area contributed by atoms with Crippen LogP contribution < -0.4 is 4.90 Å². The van der Waals surface area contributed by atoms with Gasteiger partial charge >= 0.3 is 0 Å². The second kappa shape index (κ2) is 10.4. The van der Waals surface area contributed by atoms with Gasteiger partial charge < -0.3 is 4.74 Å². The number of morpholine rings is 1. The number of ether oxygens (including phenoxy) is 1. The standard InChI is InChI=1S/C23H27N3O2S.ClH/c1-17-8-9-19(18(2)16-17)22(27)26(11-5-10-25-12-14-28-15-13-25)23-24-20-6-3-4-7-21(20)29-23;/h3-4,6-9,16H,5,10-15H2,1-2H3;1H. The highest BCUT2D eigenvalue weighted by Crippen LogP contribution is 2.30. The number of benzene rings is 2. The van der Waals surface area contributed by atoms with Crippen molar-refractivity contribution in [2.24, 2.45) is 0 Å². The smallest absolute Gasteiger partial charge is 0.260 e. The molecule has 1 aromatic heterocycles. The number of aromatic nitrogens is 1. The van der Waals surface area contributed by atoms with E-state index in [2.05, 4.69) is 24.0 Å². The fourth-order valence-corrected chi connectivity index (χ4v) is 4.73. The van der Waals surface area contributed by atoms with Crippen LogP contribution in [0.3, 0.4) is 0 Å². The van der Waals surface area contributed by atoms with Crippen LogP contribution in [0.5, 0.6) is 0 Å². The first-order valence-electron chi connectivity index (χ1n) is 10.2. The van der Waals surface area contributed by atoms with Gasteiger partial charge in [0.2, 0.25) is 0 Å². The molecule has 1 amide bonds. The maximum absolute atomic E-state index is 13.5. The lowest BCUT2D eigenvalue weighted by Crippen LogP contribution is -2.39. The predicted molar refractivity (Wildman–Crippen MR) is 126 cm³/mol. The summed E-state index contributed by atoms with van der Waals surface area (Å²) in [6.07, 6.45) is 0.909. The quantitative estimate of drug-likeness (QED) is 0.551. The van der Waals surface area contributed by atoms with Gasteiger partial charge in [0.1, 0.15) is 0 Å². The van der Waals surface area contributed by atoms with Crippen LogP contribution in [0.25, 0.3) is 10.2 Å². The molecule has 160 valence electrons. The van der Waals surface area contributed by atoms with Gasteiger partial charge in [-0.2, -0.15) is 0 Å². The van der Waals surface area contributed by atoms with E-state index in [-0.39, 0.29) is 18.3 Å². The zero-order valence-electron chi connectivity index (χ0n) is 17.5. The number of aryl methyl sites for hydroxylation is 2. The molecule has 0 saturated carbocycles. The van der Waals surface area contributed by atoms with Crippen LogP contribution in [-0.2, 0) is 4.74 Å². The largest absolute Gasteiger partial charge is 0.379 e. The van der Waals surface area contributed by atoms with Crippen molar-refractivity contribution in [1.29, 1.82) is 0 Å². The van der Waals surface area contributed by atoms with E-state index in [9.17, 15) is 4.79 Å². The highest BCUT2D eigenvalue weighted by molar-refractivity contribution is 7.22. The molecule has 0 N–H and O–H groups in total. The number of rotatable bonds is 6. The van der Waals surface area contributed by atoms with Crippen molar-refractivity contribution in [2.75, 3.05) is 44.3 Å². The highest BCUT2D eigenvalue weighted by Gasteiger charge is 2.23. The number of nitrogens with zero attached hydrogens (tertiary/aromatic N) is 3. The Morgan fingerprint density at radius 3 is 2.67 bits per heavy atom. The van der Waals surface area contributed by atoms with Gasteiger partial charge in [-0.05, 0) is 44.0 Å². The molecule has 3 aromatic rings. The van der Waals surface area contributed by atoms with Crippen LogP contribution in [0.4, 0.5) is 5.13 Å². The fraction of sp³-hybridized carbons (Fsp3) is 0.391. The maximum atomic E-state index is 13.5. The van der Waals surface area contributed by atoms with E-state index in [1.807, 2.05) is 42.2 Å². The van der Waals surface area contributed by atoms with E-state index in [4.69, 9.17) is 9.72 Å². The molecule has 7 heteroatoms. The molecule has 0 spiro atoms. The number of thiazole rings is 1. The first kappa shape index (κ1) is 22.7. The Labute approximate surface area is 188 Å². The Kier molecular flexibility index (Phi) is 7.83. The maximum Gasteiger partial charge on any atom is 0.260 e. The zero-order valence-corrected chi connectivity index (χ0v) is 19.1. The van der Waals surface area contributed by atoms with Crippen LogP contribution in [-0.4, -0.2) is 55.2 Å². The lowest BCUT2D eigenvalue weighted by Gasteiger charge is -2.28. The number of anilines is 1. The summed E-state index contributed by atoms with van der Waals surface area (Å²) in [5.41, 5.74) is 3.87. The summed E-state index contributed by atoms with van der Waals surface area (Å²) in [7, 11) is 0. The molecule has 0 aliphatic carbocycles. The van der Waals surface area contributed by atoms with Crippen molar-refractivity contribution < 1.29 is 9.53 Å². The number of halogens is 1.